The molecule has 0 aromatic heterocycles. The molecule has 0 unspecified atom stereocenters. The number of benzene rings is 3. The summed E-state index contributed by atoms with van der Waals surface area (Å²) in [5, 5.41) is 6.66. The fraction of sp³-hybridized carbons (Fsp3) is 0.323. The zero-order valence-corrected chi connectivity index (χ0v) is 22.5. The molecular formula is C31H28ClN3O4. The summed E-state index contributed by atoms with van der Waals surface area (Å²) in [7, 11) is 0. The van der Waals surface area contributed by atoms with Crippen LogP contribution in [0.3, 0.4) is 0 Å². The zero-order valence-electron chi connectivity index (χ0n) is 21.7. The molecule has 3 aromatic carbocycles. The number of hydrogen-bond donors (Lipinski definition) is 2. The standard InChI is InChI=1S/C31H28ClN3O4/c1-3-39-24-13-7-4-9-19(24)27(36)25-23-12-8-14-35(23)31(21-16-18(32)15-17(2)26(21)34-29(31)38)30(25)20-10-5-6-11-22(20)33-28(30)37/h4-7,9-11,13,15-16,23,25H,3,8,12,14H2,1-2H3,(H,33,37)(H,34,38)/t23-,25+,30+,31-/m1/s1. The topological polar surface area (TPSA) is 87.7 Å². The Morgan fingerprint density at radius 2 is 1.82 bits per heavy atom. The van der Waals surface area contributed by atoms with E-state index >= 15 is 0 Å². The molecule has 4 heterocycles. The molecule has 7 rings (SSSR count). The molecule has 4 aliphatic heterocycles. The molecule has 0 aliphatic carbocycles. The van der Waals surface area contributed by atoms with Crippen LogP contribution in [0.1, 0.15) is 46.8 Å². The number of para-hydroxylation sites is 2. The summed E-state index contributed by atoms with van der Waals surface area (Å²) in [4.78, 5) is 46.1. The van der Waals surface area contributed by atoms with Gasteiger partial charge in [-0.2, -0.15) is 0 Å². The Bertz CT molecular complexity index is 1590. The lowest BCUT2D eigenvalue weighted by Crippen LogP contribution is -2.62. The number of aryl methyl sites for hydroxylation is 1. The number of ketones is 1. The lowest BCUT2D eigenvalue weighted by atomic mass is 9.57. The second-order valence-electron chi connectivity index (χ2n) is 10.8. The van der Waals surface area contributed by atoms with Crippen LogP contribution in [-0.2, 0) is 20.5 Å². The summed E-state index contributed by atoms with van der Waals surface area (Å²) in [6, 6.07) is 17.9. The summed E-state index contributed by atoms with van der Waals surface area (Å²) >= 11 is 6.62. The van der Waals surface area contributed by atoms with E-state index in [-0.39, 0.29) is 23.6 Å². The molecule has 2 N–H and O–H groups in total. The van der Waals surface area contributed by atoms with Crippen LogP contribution < -0.4 is 15.4 Å². The highest BCUT2D eigenvalue weighted by Gasteiger charge is 2.81. The highest BCUT2D eigenvalue weighted by Crippen LogP contribution is 2.68. The minimum absolute atomic E-state index is 0.195. The Labute approximate surface area is 231 Å². The van der Waals surface area contributed by atoms with Crippen LogP contribution in [0.5, 0.6) is 5.75 Å². The Kier molecular flexibility index (Phi) is 5.25. The summed E-state index contributed by atoms with van der Waals surface area (Å²) < 4.78 is 5.87. The summed E-state index contributed by atoms with van der Waals surface area (Å²) in [6.07, 6.45) is 1.50. The van der Waals surface area contributed by atoms with Gasteiger partial charge < -0.3 is 15.4 Å². The molecule has 2 fully saturated rings. The number of carbonyl (C=O) groups is 3. The van der Waals surface area contributed by atoms with Crippen LogP contribution in [0.25, 0.3) is 0 Å². The smallest absolute Gasteiger partial charge is 0.251 e. The number of nitrogens with one attached hydrogen (secondary N) is 2. The Morgan fingerprint density at radius 3 is 2.64 bits per heavy atom. The van der Waals surface area contributed by atoms with Crippen LogP contribution in [-0.4, -0.2) is 41.7 Å². The van der Waals surface area contributed by atoms with E-state index in [9.17, 15) is 14.4 Å². The van der Waals surface area contributed by atoms with Gasteiger partial charge in [0, 0.05) is 28.0 Å². The molecule has 3 aromatic rings. The Balaban J connectivity index is 1.59. The minimum atomic E-state index is -1.52. The van der Waals surface area contributed by atoms with Crippen molar-refractivity contribution in [2.75, 3.05) is 23.8 Å². The predicted molar refractivity (Wildman–Crippen MR) is 148 cm³/mol. The predicted octanol–water partition coefficient (Wildman–Crippen LogP) is 5.06. The van der Waals surface area contributed by atoms with E-state index < -0.39 is 16.9 Å². The van der Waals surface area contributed by atoms with Gasteiger partial charge in [0.1, 0.15) is 16.7 Å². The lowest BCUT2D eigenvalue weighted by Gasteiger charge is -2.43. The maximum Gasteiger partial charge on any atom is 0.251 e. The number of nitrogens with zero attached hydrogens (tertiary/aromatic N) is 1. The van der Waals surface area contributed by atoms with Crippen molar-refractivity contribution in [2.45, 2.75) is 43.7 Å². The summed E-state index contributed by atoms with van der Waals surface area (Å²) in [6.45, 7) is 4.75. The van der Waals surface area contributed by atoms with E-state index in [2.05, 4.69) is 15.5 Å². The maximum absolute atomic E-state index is 14.8. The van der Waals surface area contributed by atoms with E-state index in [1.807, 2.05) is 56.3 Å². The van der Waals surface area contributed by atoms with Crippen molar-refractivity contribution < 1.29 is 19.1 Å². The van der Waals surface area contributed by atoms with Crippen LogP contribution in [0, 0.1) is 12.8 Å². The molecule has 2 spiro atoms. The minimum Gasteiger partial charge on any atom is -0.493 e. The first kappa shape index (κ1) is 24.4. The molecule has 198 valence electrons. The maximum atomic E-state index is 14.8. The zero-order chi connectivity index (χ0) is 27.1. The van der Waals surface area contributed by atoms with Crippen LogP contribution >= 0.6 is 11.6 Å². The van der Waals surface area contributed by atoms with Gasteiger partial charge in [0.25, 0.3) is 5.91 Å². The monoisotopic (exact) mass is 541 g/mol. The fourth-order valence-corrected chi connectivity index (χ4v) is 8.20. The van der Waals surface area contributed by atoms with Crippen LogP contribution in [0.2, 0.25) is 5.02 Å². The second-order valence-corrected chi connectivity index (χ2v) is 11.2. The number of rotatable bonds is 4. The van der Waals surface area contributed by atoms with Crippen molar-refractivity contribution in [3.8, 4) is 5.75 Å². The number of Topliss-reactive ketones (excluding diaryl/α,β-unsaturated/α-hetero) is 1. The molecule has 0 bridgehead atoms. The third-order valence-corrected chi connectivity index (χ3v) is 9.32. The first-order valence-corrected chi connectivity index (χ1v) is 13.8. The van der Waals surface area contributed by atoms with Gasteiger partial charge >= 0.3 is 0 Å². The highest BCUT2D eigenvalue weighted by molar-refractivity contribution is 6.31. The molecule has 39 heavy (non-hydrogen) atoms. The van der Waals surface area contributed by atoms with Crippen molar-refractivity contribution in [1.82, 2.24) is 4.90 Å². The fourth-order valence-electron chi connectivity index (χ4n) is 7.93. The number of carbonyl (C=O) groups excluding carboxylic acids is 3. The average molecular weight is 542 g/mol. The quantitative estimate of drug-likeness (QED) is 0.451. The van der Waals surface area contributed by atoms with E-state index in [1.165, 1.54) is 0 Å². The van der Waals surface area contributed by atoms with Gasteiger partial charge in [-0.05, 0) is 74.7 Å². The molecular weight excluding hydrogens is 514 g/mol. The van der Waals surface area contributed by atoms with E-state index in [0.717, 1.165) is 12.0 Å². The number of hydrogen-bond acceptors (Lipinski definition) is 5. The SMILES string of the molecule is CCOc1ccccc1C(=O)[C@@H]1[C@H]2CCCN2[C@]2(C(=O)Nc3c(C)cc(Cl)cc32)[C@]12C(=O)Nc1ccccc12. The molecule has 8 heteroatoms. The molecule has 4 atom stereocenters. The van der Waals surface area contributed by atoms with Gasteiger partial charge in [0.2, 0.25) is 5.91 Å². The third kappa shape index (κ3) is 2.84. The highest BCUT2D eigenvalue weighted by atomic mass is 35.5. The number of amides is 2. The van der Waals surface area contributed by atoms with Crippen LogP contribution in [0.15, 0.2) is 60.7 Å². The van der Waals surface area contributed by atoms with Crippen molar-refractivity contribution in [3.63, 3.8) is 0 Å². The van der Waals surface area contributed by atoms with Gasteiger partial charge in [-0.15, -0.1) is 0 Å². The van der Waals surface area contributed by atoms with Crippen LogP contribution in [0.4, 0.5) is 11.4 Å². The summed E-state index contributed by atoms with van der Waals surface area (Å²) in [5.74, 6) is -1.19. The van der Waals surface area contributed by atoms with E-state index in [4.69, 9.17) is 16.3 Å². The van der Waals surface area contributed by atoms with Crippen molar-refractivity contribution in [2.24, 2.45) is 5.92 Å². The van der Waals surface area contributed by atoms with Gasteiger partial charge in [-0.1, -0.05) is 41.9 Å². The number of ether oxygens (including phenoxy) is 1. The Hall–Kier alpha value is -3.68. The van der Waals surface area contributed by atoms with Gasteiger partial charge in [-0.3, -0.25) is 19.3 Å². The first-order chi connectivity index (χ1) is 18.9. The molecule has 0 radical (unpaired) electrons. The number of anilines is 2. The third-order valence-electron chi connectivity index (χ3n) is 9.10. The number of fused-ring (bicyclic) bond motifs is 7. The van der Waals surface area contributed by atoms with Gasteiger partial charge in [0.05, 0.1) is 18.1 Å². The lowest BCUT2D eigenvalue weighted by molar-refractivity contribution is -0.137. The van der Waals surface area contributed by atoms with Crippen molar-refractivity contribution in [3.05, 3.63) is 87.9 Å². The summed E-state index contributed by atoms with van der Waals surface area (Å²) in [5.41, 5.74) is 0.881. The number of halogens is 1. The van der Waals surface area contributed by atoms with E-state index in [0.29, 0.717) is 58.4 Å². The van der Waals surface area contributed by atoms with Crippen molar-refractivity contribution >= 4 is 40.6 Å². The molecule has 7 nitrogen and oxygen atoms in total. The Morgan fingerprint density at radius 1 is 1.05 bits per heavy atom. The molecule has 2 amide bonds. The normalized spacial score (nSPS) is 28.4. The van der Waals surface area contributed by atoms with Gasteiger partial charge in [0.15, 0.2) is 5.78 Å². The molecule has 4 aliphatic rings. The van der Waals surface area contributed by atoms with Crippen molar-refractivity contribution in [1.29, 1.82) is 0 Å². The largest absolute Gasteiger partial charge is 0.493 e. The molecule has 2 saturated heterocycles. The first-order valence-electron chi connectivity index (χ1n) is 13.4. The average Bonchev–Trinajstić information content (AvgIpc) is 3.64. The second kappa shape index (κ2) is 8.41. The molecule has 0 saturated carbocycles. The van der Waals surface area contributed by atoms with E-state index in [1.54, 1.807) is 18.2 Å². The van der Waals surface area contributed by atoms with Gasteiger partial charge in [-0.25, -0.2) is 0 Å².